The van der Waals surface area contributed by atoms with Gasteiger partial charge in [0.15, 0.2) is 5.41 Å². The molecule has 1 saturated carbocycles. The lowest BCUT2D eigenvalue weighted by Gasteiger charge is -2.05. The Labute approximate surface area is 68.5 Å². The molecule has 1 aliphatic carbocycles. The lowest BCUT2D eigenvalue weighted by molar-refractivity contribution is -0.159. The van der Waals surface area contributed by atoms with Crippen LogP contribution in [0.2, 0.25) is 0 Å². The first-order valence-electron chi connectivity index (χ1n) is 3.31. The fourth-order valence-corrected chi connectivity index (χ4v) is 1.15. The number of nitriles is 1. The monoisotopic (exact) mass is 169 g/mol. The Morgan fingerprint density at radius 1 is 1.75 bits per heavy atom. The van der Waals surface area contributed by atoms with E-state index < -0.39 is 23.3 Å². The average molecular weight is 169 g/mol. The van der Waals surface area contributed by atoms with Crippen LogP contribution in [0, 0.1) is 22.7 Å². The summed E-state index contributed by atoms with van der Waals surface area (Å²) in [5.74, 6) is -2.84. The summed E-state index contributed by atoms with van der Waals surface area (Å²) < 4.78 is 4.30. The molecule has 0 aromatic carbocycles. The van der Waals surface area contributed by atoms with Crippen molar-refractivity contribution in [2.45, 2.75) is 6.42 Å². The molecular formula is C7H7NO4. The molecule has 1 rings (SSSR count). The van der Waals surface area contributed by atoms with E-state index >= 15 is 0 Å². The molecule has 1 N–H and O–H groups in total. The lowest BCUT2D eigenvalue weighted by Crippen LogP contribution is -2.28. The van der Waals surface area contributed by atoms with Crippen molar-refractivity contribution in [3.05, 3.63) is 0 Å². The summed E-state index contributed by atoms with van der Waals surface area (Å²) in [6, 6.07) is 1.74. The van der Waals surface area contributed by atoms with Gasteiger partial charge >= 0.3 is 11.9 Å². The van der Waals surface area contributed by atoms with Crippen molar-refractivity contribution in [3.8, 4) is 6.07 Å². The summed E-state index contributed by atoms with van der Waals surface area (Å²) in [5.41, 5.74) is -1.58. The molecule has 0 aromatic heterocycles. The van der Waals surface area contributed by atoms with Crippen LogP contribution in [0.15, 0.2) is 0 Å². The molecule has 12 heavy (non-hydrogen) atoms. The summed E-state index contributed by atoms with van der Waals surface area (Å²) >= 11 is 0. The molecule has 0 aliphatic heterocycles. The summed E-state index contributed by atoms with van der Waals surface area (Å²) in [4.78, 5) is 21.6. The number of hydrogen-bond acceptors (Lipinski definition) is 4. The highest BCUT2D eigenvalue weighted by molar-refractivity contribution is 6.03. The van der Waals surface area contributed by atoms with Crippen LogP contribution in [0.1, 0.15) is 6.42 Å². The summed E-state index contributed by atoms with van der Waals surface area (Å²) in [6.45, 7) is 0. The first-order valence-corrected chi connectivity index (χ1v) is 3.31. The minimum atomic E-state index is -1.58. The number of ether oxygens (including phenoxy) is 1. The summed E-state index contributed by atoms with van der Waals surface area (Å²) in [6.07, 6.45) is 0.0610. The van der Waals surface area contributed by atoms with E-state index in [4.69, 9.17) is 10.4 Å². The number of carboxylic acid groups (broad SMARTS) is 1. The van der Waals surface area contributed by atoms with Crippen LogP contribution in [0.5, 0.6) is 0 Å². The molecule has 64 valence electrons. The third kappa shape index (κ3) is 0.848. The van der Waals surface area contributed by atoms with Crippen molar-refractivity contribution in [2.24, 2.45) is 11.3 Å². The second-order valence-corrected chi connectivity index (χ2v) is 2.65. The number of esters is 1. The molecule has 0 heterocycles. The first-order chi connectivity index (χ1) is 5.59. The molecule has 0 aromatic rings. The van der Waals surface area contributed by atoms with E-state index in [1.165, 1.54) is 0 Å². The highest BCUT2D eigenvalue weighted by atomic mass is 16.5. The molecule has 0 radical (unpaired) electrons. The fraction of sp³-hybridized carbons (Fsp3) is 0.571. The van der Waals surface area contributed by atoms with E-state index in [-0.39, 0.29) is 6.42 Å². The molecule has 0 spiro atoms. The minimum Gasteiger partial charge on any atom is -0.480 e. The van der Waals surface area contributed by atoms with Gasteiger partial charge in [0.05, 0.1) is 19.1 Å². The van der Waals surface area contributed by atoms with Crippen LogP contribution in [0.4, 0.5) is 0 Å². The van der Waals surface area contributed by atoms with Gasteiger partial charge in [-0.2, -0.15) is 5.26 Å². The molecular weight excluding hydrogens is 162 g/mol. The maximum absolute atomic E-state index is 11.0. The number of hydrogen-bond donors (Lipinski definition) is 1. The molecule has 0 bridgehead atoms. The second kappa shape index (κ2) is 2.48. The minimum absolute atomic E-state index is 0.0610. The number of methoxy groups -OCH3 is 1. The molecule has 0 amide bonds. The number of carbonyl (C=O) groups excluding carboxylic acids is 1. The van der Waals surface area contributed by atoms with E-state index in [1.54, 1.807) is 6.07 Å². The Hall–Kier alpha value is -1.57. The van der Waals surface area contributed by atoms with Gasteiger partial charge in [-0.15, -0.1) is 0 Å². The zero-order valence-electron chi connectivity index (χ0n) is 6.40. The highest BCUT2D eigenvalue weighted by Gasteiger charge is 2.68. The van der Waals surface area contributed by atoms with Gasteiger partial charge in [-0.1, -0.05) is 0 Å². The fourth-order valence-electron chi connectivity index (χ4n) is 1.15. The Balaban J connectivity index is 2.88. The second-order valence-electron chi connectivity index (χ2n) is 2.65. The predicted octanol–water partition coefficient (Wildman–Crippen LogP) is -0.226. The SMILES string of the molecule is COC(=O)C1(C(=O)O)CC1C#N. The van der Waals surface area contributed by atoms with E-state index in [0.29, 0.717) is 0 Å². The van der Waals surface area contributed by atoms with Crippen molar-refractivity contribution >= 4 is 11.9 Å². The number of carboxylic acids is 1. The quantitative estimate of drug-likeness (QED) is 0.455. The smallest absolute Gasteiger partial charge is 0.324 e. The number of carbonyl (C=O) groups is 2. The molecule has 2 unspecified atom stereocenters. The van der Waals surface area contributed by atoms with Gasteiger partial charge in [0.25, 0.3) is 0 Å². The van der Waals surface area contributed by atoms with Crippen LogP contribution in [0.25, 0.3) is 0 Å². The molecule has 0 saturated heterocycles. The van der Waals surface area contributed by atoms with Crippen LogP contribution in [-0.4, -0.2) is 24.2 Å². The number of aliphatic carboxylic acids is 1. The predicted molar refractivity (Wildman–Crippen MR) is 35.8 cm³/mol. The normalized spacial score (nSPS) is 31.8. The summed E-state index contributed by atoms with van der Waals surface area (Å²) in [7, 11) is 1.11. The lowest BCUT2D eigenvalue weighted by atomic mass is 10.1. The van der Waals surface area contributed by atoms with Gasteiger partial charge in [0.1, 0.15) is 0 Å². The van der Waals surface area contributed by atoms with Gasteiger partial charge in [-0.25, -0.2) is 0 Å². The van der Waals surface area contributed by atoms with Crippen LogP contribution in [0.3, 0.4) is 0 Å². The van der Waals surface area contributed by atoms with Gasteiger partial charge < -0.3 is 9.84 Å². The molecule has 1 aliphatic rings. The zero-order valence-corrected chi connectivity index (χ0v) is 6.40. The van der Waals surface area contributed by atoms with Crippen molar-refractivity contribution in [1.82, 2.24) is 0 Å². The van der Waals surface area contributed by atoms with Gasteiger partial charge in [-0.05, 0) is 6.42 Å². The van der Waals surface area contributed by atoms with Crippen LogP contribution in [-0.2, 0) is 14.3 Å². The van der Waals surface area contributed by atoms with E-state index in [1.807, 2.05) is 0 Å². The Bertz CT molecular complexity index is 280. The van der Waals surface area contributed by atoms with Crippen molar-refractivity contribution in [1.29, 1.82) is 5.26 Å². The number of rotatable bonds is 2. The van der Waals surface area contributed by atoms with Crippen molar-refractivity contribution in [3.63, 3.8) is 0 Å². The van der Waals surface area contributed by atoms with Gasteiger partial charge in [-0.3, -0.25) is 9.59 Å². The van der Waals surface area contributed by atoms with Crippen LogP contribution < -0.4 is 0 Å². The topological polar surface area (TPSA) is 87.4 Å². The van der Waals surface area contributed by atoms with Crippen molar-refractivity contribution < 1.29 is 19.4 Å². The third-order valence-electron chi connectivity index (χ3n) is 2.05. The Kier molecular flexibility index (Phi) is 1.76. The first kappa shape index (κ1) is 8.53. The molecule has 5 nitrogen and oxygen atoms in total. The van der Waals surface area contributed by atoms with Crippen molar-refractivity contribution in [2.75, 3.05) is 7.11 Å². The standard InChI is InChI=1S/C7H7NO4/c1-12-6(11)7(5(9)10)2-4(7)3-8/h4H,2H2,1H3,(H,9,10). The zero-order chi connectivity index (χ0) is 9.35. The maximum Gasteiger partial charge on any atom is 0.324 e. The van der Waals surface area contributed by atoms with E-state index in [9.17, 15) is 9.59 Å². The van der Waals surface area contributed by atoms with Gasteiger partial charge in [0, 0.05) is 0 Å². The molecule has 2 atom stereocenters. The molecule has 1 fully saturated rings. The summed E-state index contributed by atoms with van der Waals surface area (Å²) in [5, 5.41) is 17.1. The van der Waals surface area contributed by atoms with E-state index in [0.717, 1.165) is 7.11 Å². The number of nitrogens with zero attached hydrogens (tertiary/aromatic N) is 1. The van der Waals surface area contributed by atoms with Crippen LogP contribution >= 0.6 is 0 Å². The Morgan fingerprint density at radius 3 is 2.58 bits per heavy atom. The molecule has 5 heteroatoms. The van der Waals surface area contributed by atoms with E-state index in [2.05, 4.69) is 4.74 Å². The maximum atomic E-state index is 11.0. The average Bonchev–Trinajstić information content (AvgIpc) is 2.78. The third-order valence-corrected chi connectivity index (χ3v) is 2.05. The largest absolute Gasteiger partial charge is 0.480 e. The Morgan fingerprint density at radius 2 is 2.33 bits per heavy atom. The van der Waals surface area contributed by atoms with Gasteiger partial charge in [0.2, 0.25) is 0 Å². The highest BCUT2D eigenvalue weighted by Crippen LogP contribution is 2.53.